The summed E-state index contributed by atoms with van der Waals surface area (Å²) in [5, 5.41) is 0.351. The fourth-order valence-electron chi connectivity index (χ4n) is 4.71. The summed E-state index contributed by atoms with van der Waals surface area (Å²) in [6, 6.07) is 13.8. The third-order valence-corrected chi connectivity index (χ3v) is 9.20. The van der Waals surface area contributed by atoms with Gasteiger partial charge >= 0.3 is 202 Å². The van der Waals surface area contributed by atoms with Crippen molar-refractivity contribution in [3.05, 3.63) is 53.6 Å². The van der Waals surface area contributed by atoms with Gasteiger partial charge in [0.25, 0.3) is 0 Å². The van der Waals surface area contributed by atoms with Gasteiger partial charge in [-0.05, 0) is 0 Å². The van der Waals surface area contributed by atoms with E-state index in [9.17, 15) is 14.7 Å². The van der Waals surface area contributed by atoms with Crippen molar-refractivity contribution in [3.63, 3.8) is 0 Å². The van der Waals surface area contributed by atoms with E-state index in [2.05, 4.69) is 20.8 Å². The summed E-state index contributed by atoms with van der Waals surface area (Å²) in [7, 11) is -5.00. The molecule has 0 radical (unpaired) electrons. The second-order valence-electron chi connectivity index (χ2n) is 9.67. The first-order valence-corrected chi connectivity index (χ1v) is 15.6. The van der Waals surface area contributed by atoms with Gasteiger partial charge in [-0.2, -0.15) is 0 Å². The van der Waals surface area contributed by atoms with Crippen molar-refractivity contribution in [2.75, 3.05) is 6.16 Å². The van der Waals surface area contributed by atoms with Crippen molar-refractivity contribution in [3.8, 4) is 11.1 Å². The molecule has 0 amide bonds. The fourth-order valence-corrected chi connectivity index (χ4v) is 6.86. The Balaban J connectivity index is 2.42. The van der Waals surface area contributed by atoms with Crippen LogP contribution in [-0.2, 0) is 12.8 Å². The average molecular weight is 475 g/mol. The van der Waals surface area contributed by atoms with Gasteiger partial charge in [0.15, 0.2) is 0 Å². The maximum absolute atomic E-state index is 11.4. The van der Waals surface area contributed by atoms with Gasteiger partial charge in [-0.25, -0.2) is 0 Å². The zero-order valence-electron chi connectivity index (χ0n) is 21.2. The van der Waals surface area contributed by atoms with E-state index in [4.69, 9.17) is 0 Å². The molecule has 0 saturated carbocycles. The first-order valence-electron chi connectivity index (χ1n) is 13.3. The van der Waals surface area contributed by atoms with Crippen LogP contribution in [0.15, 0.2) is 42.5 Å². The molecule has 0 saturated heterocycles. The molecule has 0 spiro atoms. The van der Waals surface area contributed by atoms with Gasteiger partial charge in [0.1, 0.15) is 0 Å². The van der Waals surface area contributed by atoms with E-state index in [1.807, 2.05) is 42.5 Å². The monoisotopic (exact) mass is 474 g/mol. The normalized spacial score (nSPS) is 13.1. The van der Waals surface area contributed by atoms with Crippen LogP contribution in [0, 0.1) is 0 Å². The summed E-state index contributed by atoms with van der Waals surface area (Å²) in [5.41, 5.74) is 4.27. The Morgan fingerprint density at radius 2 is 1.18 bits per heavy atom. The van der Waals surface area contributed by atoms with Crippen LogP contribution in [0.25, 0.3) is 11.1 Å². The van der Waals surface area contributed by atoms with Gasteiger partial charge in [-0.15, -0.1) is 0 Å². The molecule has 0 unspecified atom stereocenters. The van der Waals surface area contributed by atoms with Crippen LogP contribution < -0.4 is 5.30 Å². The summed E-state index contributed by atoms with van der Waals surface area (Å²) in [6.07, 6.45) is 13.7. The molecule has 4 heteroatoms. The van der Waals surface area contributed by atoms with Gasteiger partial charge in [-0.3, -0.25) is 0 Å². The number of rotatable bonds is 16. The molecule has 0 aliphatic heterocycles. The average Bonchev–Trinajstić information content (AvgIpc) is 2.80. The van der Waals surface area contributed by atoms with Crippen LogP contribution in [0.3, 0.4) is 0 Å². The van der Waals surface area contributed by atoms with Crippen molar-refractivity contribution in [2.24, 2.45) is 0 Å². The van der Waals surface area contributed by atoms with E-state index >= 15 is 0 Å². The molecular formula is C29H47O3P. The summed E-state index contributed by atoms with van der Waals surface area (Å²) in [4.78, 5) is 34.2. The summed E-state index contributed by atoms with van der Waals surface area (Å²) < 4.78 is 0. The Bertz CT molecular complexity index is 824. The maximum atomic E-state index is 11.4. The molecule has 0 aliphatic rings. The van der Waals surface area contributed by atoms with Gasteiger partial charge < -0.3 is 0 Å². The Kier molecular flexibility index (Phi) is 11.5. The van der Waals surface area contributed by atoms with Crippen LogP contribution in [0.2, 0.25) is 0 Å². The summed E-state index contributed by atoms with van der Waals surface area (Å²) in [6.45, 7) is 6.59. The zero-order chi connectivity index (χ0) is 24.2. The molecule has 33 heavy (non-hydrogen) atoms. The molecular weight excluding hydrogens is 427 g/mol. The number of unbranched alkanes of at least 4 members (excludes halogenated alkanes) is 8. The molecule has 3 nitrogen and oxygen atoms in total. The van der Waals surface area contributed by atoms with E-state index in [0.29, 0.717) is 11.7 Å². The summed E-state index contributed by atoms with van der Waals surface area (Å²) >= 11 is 0. The van der Waals surface area contributed by atoms with Crippen molar-refractivity contribution in [2.45, 2.75) is 104 Å². The third-order valence-electron chi connectivity index (χ3n) is 6.70. The number of hydrogen-bond acceptors (Lipinski definition) is 3. The van der Waals surface area contributed by atoms with Crippen LogP contribution >= 0.6 is 7.28 Å². The quantitative estimate of drug-likeness (QED) is 0.173. The van der Waals surface area contributed by atoms with Crippen LogP contribution in [0.1, 0.15) is 103 Å². The fraction of sp³-hybridized carbons (Fsp3) is 0.586. The first-order chi connectivity index (χ1) is 15.8. The van der Waals surface area contributed by atoms with Crippen LogP contribution in [-0.4, -0.2) is 20.8 Å². The number of benzene rings is 2. The Morgan fingerprint density at radius 1 is 0.606 bits per heavy atom. The minimum atomic E-state index is -5.00. The number of aryl methyl sites for hydroxylation is 1. The summed E-state index contributed by atoms with van der Waals surface area (Å²) in [5.74, 6) is 0. The molecule has 0 aromatic heterocycles. The van der Waals surface area contributed by atoms with Crippen molar-refractivity contribution in [1.82, 2.24) is 0 Å². The van der Waals surface area contributed by atoms with Crippen LogP contribution in [0.5, 0.6) is 0 Å². The predicted octanol–water partition coefficient (Wildman–Crippen LogP) is 7.69. The van der Waals surface area contributed by atoms with E-state index in [1.165, 1.54) is 36.8 Å². The van der Waals surface area contributed by atoms with E-state index in [0.717, 1.165) is 62.5 Å². The van der Waals surface area contributed by atoms with E-state index < -0.39 is 7.28 Å². The Labute approximate surface area is 202 Å². The number of hydrogen-bond donors (Lipinski definition) is 3. The van der Waals surface area contributed by atoms with Crippen molar-refractivity contribution >= 4 is 12.6 Å². The van der Waals surface area contributed by atoms with Gasteiger partial charge in [-0.1, -0.05) is 0 Å². The second kappa shape index (κ2) is 13.6. The first kappa shape index (κ1) is 28.0. The van der Waals surface area contributed by atoms with Crippen molar-refractivity contribution < 1.29 is 14.7 Å². The molecule has 0 fully saturated rings. The molecule has 0 atom stereocenters. The standard InChI is InChI=1S/C29H47O3P/c1-4-7-10-11-12-13-17-24-33(30,31,32)28-23-22-25(18-8-5-2)27(21-9-6-3)29(28)26-19-15-14-16-20-26/h14-16,19-20,22-23,30-32H,4-13,17-18,21,24H2,1-3H3. The molecule has 0 aliphatic carbocycles. The molecule has 0 heterocycles. The second-order valence-corrected chi connectivity index (χ2v) is 12.9. The van der Waals surface area contributed by atoms with Gasteiger partial charge in [0.2, 0.25) is 0 Å². The molecule has 3 N–H and O–H groups in total. The predicted molar refractivity (Wildman–Crippen MR) is 145 cm³/mol. The topological polar surface area (TPSA) is 60.7 Å². The molecule has 2 rings (SSSR count). The molecule has 2 aromatic rings. The Hall–Kier alpha value is -1.25. The molecule has 186 valence electrons. The van der Waals surface area contributed by atoms with Crippen molar-refractivity contribution in [1.29, 1.82) is 0 Å². The third kappa shape index (κ3) is 8.48. The minimum absolute atomic E-state index is 0.0424. The van der Waals surface area contributed by atoms with Crippen LogP contribution in [0.4, 0.5) is 0 Å². The van der Waals surface area contributed by atoms with E-state index in [-0.39, 0.29) is 6.16 Å². The molecule has 2 aromatic carbocycles. The van der Waals surface area contributed by atoms with Gasteiger partial charge in [0.05, 0.1) is 0 Å². The SMILES string of the molecule is CCCCCCCCCP(O)(O)(O)c1ccc(CCCC)c(CCCC)c1-c1ccccc1. The van der Waals surface area contributed by atoms with E-state index in [1.54, 1.807) is 0 Å². The van der Waals surface area contributed by atoms with Gasteiger partial charge in [0, 0.05) is 0 Å². The zero-order valence-corrected chi connectivity index (χ0v) is 22.1. The molecule has 0 bridgehead atoms. The Morgan fingerprint density at radius 3 is 1.82 bits per heavy atom.